The zero-order valence-electron chi connectivity index (χ0n) is 18.1. The Labute approximate surface area is 192 Å². The van der Waals surface area contributed by atoms with Gasteiger partial charge in [0.2, 0.25) is 0 Å². The number of hydrogen-bond donors (Lipinski definition) is 4. The van der Waals surface area contributed by atoms with E-state index in [0.29, 0.717) is 23.6 Å². The van der Waals surface area contributed by atoms with Crippen molar-refractivity contribution in [1.82, 2.24) is 0 Å². The van der Waals surface area contributed by atoms with E-state index in [0.717, 1.165) is 16.7 Å². The van der Waals surface area contributed by atoms with Crippen molar-refractivity contribution in [1.29, 1.82) is 0 Å². The zero-order valence-corrected chi connectivity index (χ0v) is 19.7. The van der Waals surface area contributed by atoms with Crippen LogP contribution in [0.4, 0.5) is 0 Å². The molecule has 0 amide bonds. The van der Waals surface area contributed by atoms with Gasteiger partial charge in [-0.2, -0.15) is 0 Å². The third-order valence-corrected chi connectivity index (χ3v) is 6.55. The molecule has 0 spiro atoms. The van der Waals surface area contributed by atoms with Crippen molar-refractivity contribution >= 4 is 18.7 Å². The average molecular weight is 485 g/mol. The lowest BCUT2D eigenvalue weighted by atomic mass is 9.90. The Morgan fingerprint density at radius 3 is 2.28 bits per heavy atom. The summed E-state index contributed by atoms with van der Waals surface area (Å²) in [6.07, 6.45) is -5.28. The number of aliphatic hydroxyl groups is 4. The summed E-state index contributed by atoms with van der Waals surface area (Å²) < 4.78 is 22.9. The van der Waals surface area contributed by atoms with Gasteiger partial charge in [-0.1, -0.05) is 48.0 Å². The molecule has 0 bridgehead atoms. The van der Waals surface area contributed by atoms with Crippen LogP contribution in [-0.4, -0.2) is 71.1 Å². The standard InChI is InChI=1S/C23H30ClO7P/c1-32(2,29)13-30-12-15-5-3-14(4-6-15)9-17-10-16(7-8-18(17)24)23-22(28)21(27)20(26)19(11-25)31-23/h3-8,10,19-23,25-28H,9,11-13H2,1-2H3/t19-,20-,21+,22-,23+/m1/s1. The molecule has 1 aliphatic heterocycles. The summed E-state index contributed by atoms with van der Waals surface area (Å²) >= 11 is 6.39. The van der Waals surface area contributed by atoms with Crippen molar-refractivity contribution in [3.8, 4) is 0 Å². The van der Waals surface area contributed by atoms with E-state index >= 15 is 0 Å². The van der Waals surface area contributed by atoms with Gasteiger partial charge < -0.3 is 34.5 Å². The summed E-state index contributed by atoms with van der Waals surface area (Å²) in [5.41, 5.74) is 3.39. The van der Waals surface area contributed by atoms with E-state index in [1.165, 1.54) is 0 Å². The zero-order chi connectivity index (χ0) is 23.5. The quantitative estimate of drug-likeness (QED) is 0.425. The molecule has 0 unspecified atom stereocenters. The summed E-state index contributed by atoms with van der Waals surface area (Å²) in [5, 5.41) is 40.4. The summed E-state index contributed by atoms with van der Waals surface area (Å²) in [5.74, 6) is 0. The van der Waals surface area contributed by atoms with Gasteiger partial charge in [0.05, 0.1) is 19.6 Å². The van der Waals surface area contributed by atoms with E-state index in [9.17, 15) is 25.0 Å². The maximum absolute atomic E-state index is 11.7. The molecule has 1 heterocycles. The van der Waals surface area contributed by atoms with Crippen LogP contribution in [0.15, 0.2) is 42.5 Å². The minimum absolute atomic E-state index is 0.245. The van der Waals surface area contributed by atoms with Crippen LogP contribution in [0, 0.1) is 0 Å². The lowest BCUT2D eigenvalue weighted by Gasteiger charge is -2.40. The molecule has 1 aliphatic rings. The molecule has 2 aromatic carbocycles. The van der Waals surface area contributed by atoms with Crippen molar-refractivity contribution in [3.63, 3.8) is 0 Å². The minimum Gasteiger partial charge on any atom is -0.394 e. The van der Waals surface area contributed by atoms with Gasteiger partial charge in [-0.3, -0.25) is 0 Å². The van der Waals surface area contributed by atoms with E-state index in [1.807, 2.05) is 24.3 Å². The van der Waals surface area contributed by atoms with Crippen LogP contribution in [0.25, 0.3) is 0 Å². The smallest absolute Gasteiger partial charge is 0.113 e. The van der Waals surface area contributed by atoms with Gasteiger partial charge in [0.25, 0.3) is 0 Å². The second-order valence-corrected chi connectivity index (χ2v) is 12.5. The van der Waals surface area contributed by atoms with Crippen molar-refractivity contribution in [2.45, 2.75) is 43.5 Å². The Kier molecular flexibility index (Phi) is 8.53. The fourth-order valence-electron chi connectivity index (χ4n) is 3.64. The SMILES string of the molecule is CP(C)(=O)COCc1ccc(Cc2cc([C@@H]3O[C@H](CO)[C@@H](O)[C@H](O)[C@H]3O)ccc2Cl)cc1. The molecule has 5 atom stereocenters. The molecule has 0 radical (unpaired) electrons. The normalized spacial score (nSPS) is 26.3. The van der Waals surface area contributed by atoms with Crippen LogP contribution in [0.5, 0.6) is 0 Å². The van der Waals surface area contributed by atoms with Gasteiger partial charge in [-0.05, 0) is 48.1 Å². The van der Waals surface area contributed by atoms with E-state index in [-0.39, 0.29) is 6.35 Å². The fraction of sp³-hybridized carbons (Fsp3) is 0.478. The molecular weight excluding hydrogens is 455 g/mol. The summed E-state index contributed by atoms with van der Waals surface area (Å²) in [4.78, 5) is 0. The monoisotopic (exact) mass is 484 g/mol. The second kappa shape index (κ2) is 10.8. The third-order valence-electron chi connectivity index (χ3n) is 5.38. The van der Waals surface area contributed by atoms with Gasteiger partial charge in [0.15, 0.2) is 0 Å². The lowest BCUT2D eigenvalue weighted by molar-refractivity contribution is -0.231. The molecule has 3 rings (SSSR count). The van der Waals surface area contributed by atoms with Crippen LogP contribution in [0.3, 0.4) is 0 Å². The number of halogens is 1. The van der Waals surface area contributed by atoms with Gasteiger partial charge in [-0.15, -0.1) is 0 Å². The van der Waals surface area contributed by atoms with Crippen LogP contribution >= 0.6 is 18.7 Å². The van der Waals surface area contributed by atoms with Crippen LogP contribution < -0.4 is 0 Å². The van der Waals surface area contributed by atoms with E-state index in [2.05, 4.69) is 0 Å². The number of aliphatic hydroxyl groups excluding tert-OH is 4. The van der Waals surface area contributed by atoms with Crippen LogP contribution in [0.2, 0.25) is 5.02 Å². The van der Waals surface area contributed by atoms with E-state index in [1.54, 1.807) is 31.5 Å². The topological polar surface area (TPSA) is 116 Å². The van der Waals surface area contributed by atoms with Crippen molar-refractivity contribution < 1.29 is 34.5 Å². The van der Waals surface area contributed by atoms with E-state index in [4.69, 9.17) is 21.1 Å². The van der Waals surface area contributed by atoms with Crippen molar-refractivity contribution in [2.75, 3.05) is 26.3 Å². The first kappa shape index (κ1) is 25.3. The number of hydrogen-bond acceptors (Lipinski definition) is 7. The second-order valence-electron chi connectivity index (χ2n) is 8.65. The number of benzene rings is 2. The number of rotatable bonds is 8. The Morgan fingerprint density at radius 2 is 1.66 bits per heavy atom. The Balaban J connectivity index is 1.71. The van der Waals surface area contributed by atoms with Crippen molar-refractivity contribution in [2.24, 2.45) is 0 Å². The summed E-state index contributed by atoms with van der Waals surface area (Å²) in [7, 11) is -2.21. The highest BCUT2D eigenvalue weighted by molar-refractivity contribution is 7.62. The first-order valence-corrected chi connectivity index (χ1v) is 13.5. The highest BCUT2D eigenvalue weighted by Gasteiger charge is 2.44. The van der Waals surface area contributed by atoms with Crippen LogP contribution in [0.1, 0.15) is 28.4 Å². The highest BCUT2D eigenvalue weighted by atomic mass is 35.5. The third kappa shape index (κ3) is 6.40. The van der Waals surface area contributed by atoms with Crippen LogP contribution in [-0.2, 0) is 27.1 Å². The Morgan fingerprint density at radius 1 is 1.00 bits per heavy atom. The highest BCUT2D eigenvalue weighted by Crippen LogP contribution is 2.36. The molecule has 176 valence electrons. The molecule has 2 aromatic rings. The summed E-state index contributed by atoms with van der Waals surface area (Å²) in [6, 6.07) is 13.0. The first-order chi connectivity index (χ1) is 15.1. The van der Waals surface area contributed by atoms with Crippen molar-refractivity contribution in [3.05, 3.63) is 69.7 Å². The predicted octanol–water partition coefficient (Wildman–Crippen LogP) is 2.54. The molecule has 7 nitrogen and oxygen atoms in total. The molecule has 0 saturated carbocycles. The maximum atomic E-state index is 11.7. The Hall–Kier alpha value is -1.28. The summed E-state index contributed by atoms with van der Waals surface area (Å²) in [6.45, 7) is 3.29. The molecule has 1 fully saturated rings. The lowest BCUT2D eigenvalue weighted by Crippen LogP contribution is -2.55. The largest absolute Gasteiger partial charge is 0.394 e. The minimum atomic E-state index is -2.21. The van der Waals surface area contributed by atoms with Gasteiger partial charge in [0, 0.05) is 5.02 Å². The maximum Gasteiger partial charge on any atom is 0.113 e. The molecule has 0 aromatic heterocycles. The fourth-order valence-corrected chi connectivity index (χ4v) is 4.36. The molecular formula is C23H30ClO7P. The molecule has 32 heavy (non-hydrogen) atoms. The van der Waals surface area contributed by atoms with E-state index < -0.39 is 44.3 Å². The average Bonchev–Trinajstić information content (AvgIpc) is 2.74. The molecule has 1 saturated heterocycles. The van der Waals surface area contributed by atoms with Gasteiger partial charge >= 0.3 is 0 Å². The molecule has 4 N–H and O–H groups in total. The van der Waals surface area contributed by atoms with Gasteiger partial charge in [-0.25, -0.2) is 0 Å². The first-order valence-electron chi connectivity index (χ1n) is 10.4. The molecule has 0 aliphatic carbocycles. The van der Waals surface area contributed by atoms with Gasteiger partial charge in [0.1, 0.15) is 37.7 Å². The molecule has 9 heteroatoms. The number of ether oxygens (including phenoxy) is 2. The predicted molar refractivity (Wildman–Crippen MR) is 123 cm³/mol. The Bertz CT molecular complexity index is 944.